The van der Waals surface area contributed by atoms with Crippen LogP contribution in [-0.2, 0) is 43.0 Å². The van der Waals surface area contributed by atoms with Gasteiger partial charge in [-0.05, 0) is 98.7 Å². The van der Waals surface area contributed by atoms with Gasteiger partial charge in [0.05, 0.1) is 31.5 Å². The summed E-state index contributed by atoms with van der Waals surface area (Å²) < 4.78 is 75.1. The van der Waals surface area contributed by atoms with E-state index in [1.54, 1.807) is 0 Å². The number of ether oxygens (including phenoxy) is 6. The third-order valence-corrected chi connectivity index (χ3v) is 16.2. The van der Waals surface area contributed by atoms with Crippen LogP contribution in [0.15, 0.2) is 11.6 Å². The zero-order chi connectivity index (χ0) is 39.4. The lowest BCUT2D eigenvalue weighted by Crippen LogP contribution is -2.65. The van der Waals surface area contributed by atoms with E-state index in [-0.39, 0.29) is 16.9 Å². The quantitative estimate of drug-likeness (QED) is 0.161. The lowest BCUT2D eigenvalue weighted by atomic mass is 9.47. The van der Waals surface area contributed by atoms with Crippen molar-refractivity contribution in [3.63, 3.8) is 0 Å². The van der Waals surface area contributed by atoms with E-state index < -0.39 is 90.3 Å². The maximum Gasteiger partial charge on any atom is 0.397 e. The second kappa shape index (κ2) is 14.7. The van der Waals surface area contributed by atoms with E-state index in [2.05, 4.69) is 33.8 Å². The molecule has 0 aromatic heterocycles. The summed E-state index contributed by atoms with van der Waals surface area (Å²) in [4.78, 5) is 0. The van der Waals surface area contributed by atoms with E-state index in [0.29, 0.717) is 48.3 Å². The van der Waals surface area contributed by atoms with Crippen LogP contribution in [0, 0.1) is 46.3 Å². The Morgan fingerprint density at radius 3 is 2.33 bits per heavy atom. The molecular formula is C39H62O15S. The van der Waals surface area contributed by atoms with Crippen molar-refractivity contribution in [1.29, 1.82) is 0 Å². The highest BCUT2D eigenvalue weighted by atomic mass is 32.3. The van der Waals surface area contributed by atoms with E-state index in [0.717, 1.165) is 51.6 Å². The van der Waals surface area contributed by atoms with Gasteiger partial charge in [-0.3, -0.25) is 4.55 Å². The van der Waals surface area contributed by atoms with Crippen molar-refractivity contribution in [3.05, 3.63) is 11.6 Å². The van der Waals surface area contributed by atoms with Crippen LogP contribution in [0.5, 0.6) is 0 Å². The highest BCUT2D eigenvalue weighted by Crippen LogP contribution is 2.70. The summed E-state index contributed by atoms with van der Waals surface area (Å²) in [6, 6.07) is 0. The Morgan fingerprint density at radius 2 is 1.64 bits per heavy atom. The molecule has 0 aromatic rings. The molecule has 6 N–H and O–H groups in total. The Labute approximate surface area is 323 Å². The van der Waals surface area contributed by atoms with Gasteiger partial charge in [0.25, 0.3) is 0 Å². The minimum Gasteiger partial charge on any atom is -0.394 e. The van der Waals surface area contributed by atoms with Crippen LogP contribution in [0.1, 0.15) is 92.4 Å². The number of fused-ring (bicyclic) bond motifs is 7. The molecule has 15 nitrogen and oxygen atoms in total. The molecule has 16 heteroatoms. The van der Waals surface area contributed by atoms with Crippen molar-refractivity contribution in [1.82, 2.24) is 0 Å². The van der Waals surface area contributed by atoms with Gasteiger partial charge in [-0.25, -0.2) is 4.18 Å². The molecule has 0 amide bonds. The van der Waals surface area contributed by atoms with Crippen molar-refractivity contribution < 1.29 is 71.1 Å². The van der Waals surface area contributed by atoms with Gasteiger partial charge in [0.2, 0.25) is 0 Å². The summed E-state index contributed by atoms with van der Waals surface area (Å²) in [6.45, 7) is 11.0. The molecule has 0 radical (unpaired) electrons. The van der Waals surface area contributed by atoms with Crippen molar-refractivity contribution in [2.45, 2.75) is 172 Å². The number of allylic oxidation sites excluding steroid dienone is 1. The first kappa shape index (κ1) is 40.9. The fourth-order valence-electron chi connectivity index (χ4n) is 12.8. The van der Waals surface area contributed by atoms with E-state index in [1.165, 1.54) is 12.5 Å². The Kier molecular flexibility index (Phi) is 10.9. The molecule has 4 aliphatic heterocycles. The van der Waals surface area contributed by atoms with Crippen LogP contribution in [-0.4, -0.2) is 131 Å². The highest BCUT2D eigenvalue weighted by Gasteiger charge is 2.69. The van der Waals surface area contributed by atoms with Crippen molar-refractivity contribution in [3.8, 4) is 0 Å². The Morgan fingerprint density at radius 1 is 0.873 bits per heavy atom. The maximum absolute atomic E-state index is 11.7. The molecule has 4 saturated heterocycles. The molecule has 8 rings (SSSR count). The van der Waals surface area contributed by atoms with Gasteiger partial charge in [-0.1, -0.05) is 39.3 Å². The fourth-order valence-corrected chi connectivity index (χ4v) is 13.3. The Hall–Kier alpha value is -0.830. The summed E-state index contributed by atoms with van der Waals surface area (Å²) in [5, 5.41) is 52.9. The van der Waals surface area contributed by atoms with Gasteiger partial charge in [0.15, 0.2) is 18.4 Å². The van der Waals surface area contributed by atoms with Crippen LogP contribution in [0.2, 0.25) is 0 Å². The van der Waals surface area contributed by atoms with Crippen LogP contribution in [0.3, 0.4) is 0 Å². The van der Waals surface area contributed by atoms with Gasteiger partial charge in [0, 0.05) is 12.3 Å². The predicted octanol–water partition coefficient (Wildman–Crippen LogP) is 2.22. The van der Waals surface area contributed by atoms with Crippen LogP contribution in [0.4, 0.5) is 0 Å². The van der Waals surface area contributed by atoms with Crippen LogP contribution >= 0.6 is 0 Å². The first-order chi connectivity index (χ1) is 25.9. The average Bonchev–Trinajstić information content (AvgIpc) is 3.58. The molecule has 0 bridgehead atoms. The monoisotopic (exact) mass is 802 g/mol. The van der Waals surface area contributed by atoms with Crippen LogP contribution in [0.25, 0.3) is 0 Å². The minimum absolute atomic E-state index is 0.0316. The van der Waals surface area contributed by atoms with E-state index in [9.17, 15) is 38.5 Å². The zero-order valence-corrected chi connectivity index (χ0v) is 33.3. The van der Waals surface area contributed by atoms with E-state index in [4.69, 9.17) is 32.6 Å². The summed E-state index contributed by atoms with van der Waals surface area (Å²) in [5.74, 6) is 2.59. The largest absolute Gasteiger partial charge is 0.397 e. The minimum atomic E-state index is -5.11. The lowest BCUT2D eigenvalue weighted by Gasteiger charge is -2.58. The molecule has 8 aliphatic rings. The van der Waals surface area contributed by atoms with Crippen molar-refractivity contribution in [2.24, 2.45) is 46.3 Å². The first-order valence-electron chi connectivity index (χ1n) is 20.5. The molecule has 55 heavy (non-hydrogen) atoms. The van der Waals surface area contributed by atoms with Gasteiger partial charge in [0.1, 0.15) is 42.7 Å². The molecule has 4 aliphatic carbocycles. The molecule has 7 fully saturated rings. The van der Waals surface area contributed by atoms with Gasteiger partial charge in [-0.15, -0.1) is 0 Å². The second-order valence-electron chi connectivity index (χ2n) is 18.8. The maximum atomic E-state index is 11.7. The number of hydrogen-bond donors (Lipinski definition) is 6. The molecule has 0 unspecified atom stereocenters. The summed E-state index contributed by atoms with van der Waals surface area (Å²) in [6.07, 6.45) is -4.64. The second-order valence-corrected chi connectivity index (χ2v) is 19.8. The number of aliphatic hydroxyl groups is 5. The number of rotatable bonds is 7. The van der Waals surface area contributed by atoms with E-state index in [1.807, 2.05) is 0 Å². The molecule has 0 aromatic carbocycles. The Balaban J connectivity index is 0.985. The summed E-state index contributed by atoms with van der Waals surface area (Å²) >= 11 is 0. The molecule has 4 heterocycles. The topological polar surface area (TPSA) is 220 Å². The third kappa shape index (κ3) is 6.89. The smallest absolute Gasteiger partial charge is 0.394 e. The lowest BCUT2D eigenvalue weighted by molar-refractivity contribution is -0.368. The normalized spacial score (nSPS) is 55.3. The zero-order valence-electron chi connectivity index (χ0n) is 32.5. The summed E-state index contributed by atoms with van der Waals surface area (Å²) in [5.41, 5.74) is 1.48. The highest BCUT2D eigenvalue weighted by molar-refractivity contribution is 7.80. The van der Waals surface area contributed by atoms with Gasteiger partial charge >= 0.3 is 10.4 Å². The fraction of sp³-hybridized carbons (Fsp3) is 0.949. The van der Waals surface area contributed by atoms with Gasteiger partial charge < -0.3 is 54.0 Å². The average molecular weight is 803 g/mol. The first-order valence-corrected chi connectivity index (χ1v) is 21.9. The predicted molar refractivity (Wildman–Crippen MR) is 192 cm³/mol. The van der Waals surface area contributed by atoms with Gasteiger partial charge in [-0.2, -0.15) is 8.42 Å². The van der Waals surface area contributed by atoms with Crippen molar-refractivity contribution >= 4 is 10.4 Å². The Bertz CT molecular complexity index is 1550. The summed E-state index contributed by atoms with van der Waals surface area (Å²) in [7, 11) is -5.11. The molecule has 1 spiro atoms. The molecule has 3 saturated carbocycles. The molecule has 314 valence electrons. The number of hydrogen-bond acceptors (Lipinski definition) is 14. The molecular weight excluding hydrogens is 740 g/mol. The van der Waals surface area contributed by atoms with E-state index >= 15 is 0 Å². The standard InChI is InChI=1S/C39H62O15S/c1-18-8-13-39(48-17-18)19(2)28-26(53-39)15-25-23-7-6-21-14-22(9-11-37(21,4)24(23)10-12-38(25,28)5)50-36-34(52-35-31(43)30(42)29(41)20(3)49-35)32(44)33(27(16-40)51-36)54-55(45,46)47/h6,18-20,22-36,40-44H,7-17H2,1-5H3,(H,45,46,47)/t18-,19+,20+,22+,23-,24+,25+,26+,27-,28+,29+,30-,31-,32+,33-,34-,35+,36-,37+,38+,39-/m1/s1. The van der Waals surface area contributed by atoms with Crippen LogP contribution < -0.4 is 0 Å². The molecule has 21 atom stereocenters. The third-order valence-electron chi connectivity index (χ3n) is 15.8. The number of aliphatic hydroxyl groups excluding tert-OH is 5. The SMILES string of the molecule is C[C@@H]1CC[C@@]2(OC1)O[C@H]1C[C@H]3[C@@H]4CC=C5C[C@@H](O[C@@H]6O[C@H](CO)[C@@H](OS(=O)(=O)O)[C@H](O)[C@H]6O[C@@H]6O[C@@H](C)[C@H](O)[C@@H](O)[C@H]6O)CC[C@]5(C)[C@H]4CC[C@]3(C)[C@H]1[C@@H]2C. The van der Waals surface area contributed by atoms with Crippen molar-refractivity contribution in [2.75, 3.05) is 13.2 Å².